The summed E-state index contributed by atoms with van der Waals surface area (Å²) < 4.78 is 78.6. The summed E-state index contributed by atoms with van der Waals surface area (Å²) in [5.74, 6) is -1.16. The van der Waals surface area contributed by atoms with Crippen LogP contribution in [0.15, 0.2) is 60.7 Å². The fourth-order valence-electron chi connectivity index (χ4n) is 3.62. The molecule has 0 saturated carbocycles. The van der Waals surface area contributed by atoms with Crippen molar-refractivity contribution in [1.29, 1.82) is 0 Å². The Hall–Kier alpha value is -4.04. The Morgan fingerprint density at radius 1 is 0.744 bits per heavy atom. The summed E-state index contributed by atoms with van der Waals surface area (Å²) in [5, 5.41) is 0. The molecule has 0 amide bonds. The molecule has 1 aliphatic rings. The fraction of sp³-hybridized carbons (Fsp3) is 0.280. The topological polar surface area (TPSA) is 158 Å². The third kappa shape index (κ3) is 8.22. The highest BCUT2D eigenvalue weighted by Crippen LogP contribution is 2.42. The lowest BCUT2D eigenvalue weighted by Crippen LogP contribution is -2.18. The van der Waals surface area contributed by atoms with E-state index < -0.39 is 44.4 Å². The summed E-state index contributed by atoms with van der Waals surface area (Å²) in [6, 6.07) is 8.26. The lowest BCUT2D eigenvalue weighted by atomic mass is 9.90. The minimum absolute atomic E-state index is 0.0168. The molecule has 2 aromatic rings. The van der Waals surface area contributed by atoms with Crippen molar-refractivity contribution in [3.05, 3.63) is 71.8 Å². The van der Waals surface area contributed by atoms with Gasteiger partial charge in [0.2, 0.25) is 6.79 Å². The lowest BCUT2D eigenvalue weighted by Gasteiger charge is -2.27. The van der Waals surface area contributed by atoms with Crippen LogP contribution in [0, 0.1) is 0 Å². The van der Waals surface area contributed by atoms with Gasteiger partial charge in [-0.15, -0.1) is 0 Å². The number of ether oxygens (including phenoxy) is 4. The van der Waals surface area contributed by atoms with Gasteiger partial charge >= 0.3 is 32.2 Å². The van der Waals surface area contributed by atoms with Gasteiger partial charge in [-0.25, -0.2) is 0 Å². The molecule has 14 heteroatoms. The Balaban J connectivity index is 2.09. The summed E-state index contributed by atoms with van der Waals surface area (Å²) in [5.41, 5.74) is 0.618. The van der Waals surface area contributed by atoms with E-state index in [4.69, 9.17) is 27.3 Å². The number of hydrogen-bond acceptors (Lipinski definition) is 12. The molecular weight excluding hydrogens is 556 g/mol. The van der Waals surface area contributed by atoms with Crippen molar-refractivity contribution in [3.8, 4) is 23.0 Å². The molecule has 1 heterocycles. The summed E-state index contributed by atoms with van der Waals surface area (Å²) in [7, 11) is -8.08. The van der Waals surface area contributed by atoms with Crippen LogP contribution in [0.5, 0.6) is 23.0 Å². The molecule has 3 rings (SSSR count). The Kier molecular flexibility index (Phi) is 8.61. The molecule has 0 aliphatic carbocycles. The monoisotopic (exact) mass is 582 g/mol. The Labute approximate surface area is 226 Å². The highest BCUT2D eigenvalue weighted by molar-refractivity contribution is 7.86. The standard InChI is InChI=1S/C25H26O12S2/c1-14(24(34-16(3)26)18-7-8-22-23(11-18)33-13-32-22)15(2)25(35-17(4)27)19-9-20(36-38(5,28)29)12-21(10-19)37-39(6,30)31/h7-12,24-25H,1-2,13H2,3-6H3. The maximum absolute atomic E-state index is 12.1. The number of esters is 2. The van der Waals surface area contributed by atoms with Crippen LogP contribution < -0.4 is 17.8 Å². The second-order valence-corrected chi connectivity index (χ2v) is 11.6. The normalized spacial score (nSPS) is 14.1. The van der Waals surface area contributed by atoms with Crippen molar-refractivity contribution in [2.45, 2.75) is 26.1 Å². The highest BCUT2D eigenvalue weighted by atomic mass is 32.2. The molecule has 0 saturated heterocycles. The van der Waals surface area contributed by atoms with E-state index in [9.17, 15) is 26.4 Å². The molecule has 0 N–H and O–H groups in total. The van der Waals surface area contributed by atoms with Gasteiger partial charge in [-0.3, -0.25) is 9.59 Å². The maximum atomic E-state index is 12.1. The minimum atomic E-state index is -4.04. The van der Waals surface area contributed by atoms with Gasteiger partial charge in [-0.2, -0.15) is 16.8 Å². The third-order valence-corrected chi connectivity index (χ3v) is 6.00. The van der Waals surface area contributed by atoms with Gasteiger partial charge in [0.05, 0.1) is 12.5 Å². The van der Waals surface area contributed by atoms with Crippen LogP contribution in [0.1, 0.15) is 37.2 Å². The number of fused-ring (bicyclic) bond motifs is 1. The molecule has 0 aromatic heterocycles. The van der Waals surface area contributed by atoms with Crippen molar-refractivity contribution in [2.24, 2.45) is 0 Å². The molecule has 12 nitrogen and oxygen atoms in total. The predicted molar refractivity (Wildman–Crippen MR) is 137 cm³/mol. The van der Waals surface area contributed by atoms with E-state index in [2.05, 4.69) is 13.2 Å². The Morgan fingerprint density at radius 2 is 1.21 bits per heavy atom. The summed E-state index contributed by atoms with van der Waals surface area (Å²) in [6.45, 7) is 10.3. The van der Waals surface area contributed by atoms with Crippen molar-refractivity contribution < 1.29 is 53.7 Å². The van der Waals surface area contributed by atoms with Crippen molar-refractivity contribution in [2.75, 3.05) is 19.3 Å². The molecule has 39 heavy (non-hydrogen) atoms. The first-order chi connectivity index (χ1) is 18.0. The van der Waals surface area contributed by atoms with Gasteiger partial charge in [0.15, 0.2) is 23.7 Å². The largest absolute Gasteiger partial charge is 0.454 e. The number of carbonyl (C=O) groups is 2. The van der Waals surface area contributed by atoms with E-state index in [0.29, 0.717) is 17.1 Å². The molecule has 0 bridgehead atoms. The van der Waals surface area contributed by atoms with E-state index in [1.54, 1.807) is 18.2 Å². The first kappa shape index (κ1) is 29.5. The molecule has 0 fully saturated rings. The van der Waals surface area contributed by atoms with Gasteiger partial charge in [0.25, 0.3) is 0 Å². The van der Waals surface area contributed by atoms with Crippen LogP contribution in [0.4, 0.5) is 0 Å². The van der Waals surface area contributed by atoms with Gasteiger partial charge in [-0.1, -0.05) is 19.2 Å². The van der Waals surface area contributed by atoms with Crippen LogP contribution in [0.2, 0.25) is 0 Å². The van der Waals surface area contributed by atoms with Crippen LogP contribution >= 0.6 is 0 Å². The van der Waals surface area contributed by atoms with E-state index >= 15 is 0 Å². The van der Waals surface area contributed by atoms with Gasteiger partial charge < -0.3 is 27.3 Å². The molecule has 210 valence electrons. The molecule has 2 aromatic carbocycles. The number of carbonyl (C=O) groups excluding carboxylic acids is 2. The summed E-state index contributed by atoms with van der Waals surface area (Å²) >= 11 is 0. The van der Waals surface area contributed by atoms with E-state index in [0.717, 1.165) is 25.5 Å². The zero-order valence-corrected chi connectivity index (χ0v) is 23.1. The quantitative estimate of drug-likeness (QED) is 0.217. The lowest BCUT2D eigenvalue weighted by molar-refractivity contribution is -0.147. The maximum Gasteiger partial charge on any atom is 0.306 e. The minimum Gasteiger partial charge on any atom is -0.454 e. The van der Waals surface area contributed by atoms with Crippen LogP contribution in [-0.2, 0) is 39.3 Å². The van der Waals surface area contributed by atoms with Gasteiger partial charge in [-0.05, 0) is 35.4 Å². The Morgan fingerprint density at radius 3 is 1.67 bits per heavy atom. The van der Waals surface area contributed by atoms with E-state index in [-0.39, 0.29) is 35.0 Å². The average molecular weight is 583 g/mol. The number of hydrogen-bond donors (Lipinski definition) is 0. The van der Waals surface area contributed by atoms with Crippen LogP contribution in [0.3, 0.4) is 0 Å². The molecule has 2 atom stereocenters. The zero-order chi connectivity index (χ0) is 29.1. The molecule has 0 radical (unpaired) electrons. The SMILES string of the molecule is C=C(C(=C)C(OC(C)=O)c1ccc2c(c1)OCO2)C(OC(C)=O)c1cc(OS(C)(=O)=O)cc(OS(C)(=O)=O)c1. The second-order valence-electron chi connectivity index (χ2n) is 8.45. The van der Waals surface area contributed by atoms with Gasteiger partial charge in [0.1, 0.15) is 11.5 Å². The fourth-order valence-corrected chi connectivity index (χ4v) is 4.51. The van der Waals surface area contributed by atoms with Crippen molar-refractivity contribution in [3.63, 3.8) is 0 Å². The first-order valence-corrected chi connectivity index (χ1v) is 14.7. The third-order valence-electron chi connectivity index (χ3n) is 5.01. The highest BCUT2D eigenvalue weighted by Gasteiger charge is 2.30. The smallest absolute Gasteiger partial charge is 0.306 e. The molecule has 0 spiro atoms. The van der Waals surface area contributed by atoms with Crippen molar-refractivity contribution in [1.82, 2.24) is 0 Å². The van der Waals surface area contributed by atoms with E-state index in [1.165, 1.54) is 19.1 Å². The summed E-state index contributed by atoms with van der Waals surface area (Å²) in [6.07, 6.45) is -0.886. The Bertz CT molecular complexity index is 1490. The summed E-state index contributed by atoms with van der Waals surface area (Å²) in [4.78, 5) is 24.0. The molecular formula is C25H26O12S2. The number of benzene rings is 2. The van der Waals surface area contributed by atoms with Gasteiger partial charge in [0, 0.05) is 31.0 Å². The number of rotatable bonds is 11. The van der Waals surface area contributed by atoms with Crippen LogP contribution in [-0.4, -0.2) is 48.1 Å². The average Bonchev–Trinajstić information content (AvgIpc) is 3.25. The molecule has 2 unspecified atom stereocenters. The molecule has 1 aliphatic heterocycles. The first-order valence-electron chi connectivity index (χ1n) is 11.1. The zero-order valence-electron chi connectivity index (χ0n) is 21.5. The van der Waals surface area contributed by atoms with E-state index in [1.807, 2.05) is 0 Å². The van der Waals surface area contributed by atoms with Crippen LogP contribution in [0.25, 0.3) is 0 Å². The predicted octanol–water partition coefficient (Wildman–Crippen LogP) is 3.11. The second kappa shape index (κ2) is 11.4. The van der Waals surface area contributed by atoms with Crippen molar-refractivity contribution >= 4 is 32.2 Å².